The molecule has 3 rings (SSSR count). The average molecular weight is 377 g/mol. The fraction of sp³-hybridized carbons (Fsp3) is 0.0500. The number of rotatable bonds is 6. The molecule has 2 aromatic carbocycles. The molecule has 8 heteroatoms. The second kappa shape index (κ2) is 8.54. The molecule has 0 aliphatic rings. The van der Waals surface area contributed by atoms with Crippen LogP contribution in [0.1, 0.15) is 21.5 Å². The van der Waals surface area contributed by atoms with Gasteiger partial charge in [-0.2, -0.15) is 0 Å². The topological polar surface area (TPSA) is 104 Å². The van der Waals surface area contributed by atoms with Gasteiger partial charge in [-0.15, -0.1) is 0 Å². The zero-order valence-corrected chi connectivity index (χ0v) is 14.8. The number of nitro groups is 1. The second-order valence-electron chi connectivity index (χ2n) is 5.56. The molecule has 0 N–H and O–H groups in total. The van der Waals surface area contributed by atoms with E-state index < -0.39 is 10.9 Å². The predicted octanol–water partition coefficient (Wildman–Crippen LogP) is 3.61. The first-order valence-electron chi connectivity index (χ1n) is 8.17. The van der Waals surface area contributed by atoms with Crippen molar-refractivity contribution in [2.45, 2.75) is 0 Å². The van der Waals surface area contributed by atoms with Gasteiger partial charge in [0.1, 0.15) is 5.71 Å². The Bertz CT molecular complexity index is 979. The Kier molecular flexibility index (Phi) is 5.71. The van der Waals surface area contributed by atoms with Gasteiger partial charge in [0.25, 0.3) is 0 Å². The highest BCUT2D eigenvalue weighted by Crippen LogP contribution is 2.27. The zero-order valence-electron chi connectivity index (χ0n) is 14.8. The maximum absolute atomic E-state index is 12.4. The lowest BCUT2D eigenvalue weighted by molar-refractivity contribution is -0.385. The molecule has 3 aromatic rings. The summed E-state index contributed by atoms with van der Waals surface area (Å²) in [4.78, 5) is 31.9. The van der Waals surface area contributed by atoms with Crippen molar-refractivity contribution in [2.24, 2.45) is 5.16 Å². The lowest BCUT2D eigenvalue weighted by Crippen LogP contribution is -2.08. The number of aromatic nitrogens is 1. The predicted molar refractivity (Wildman–Crippen MR) is 101 cm³/mol. The van der Waals surface area contributed by atoms with E-state index in [1.165, 1.54) is 19.2 Å². The third kappa shape index (κ3) is 4.18. The van der Waals surface area contributed by atoms with Crippen molar-refractivity contribution in [1.29, 1.82) is 0 Å². The van der Waals surface area contributed by atoms with Crippen LogP contribution in [-0.2, 0) is 4.84 Å². The standard InChI is InChI=1S/C20H15N3O5/c1-27-18-8-7-16(13-17(18)23(25)26)20(24)28-22-19(14-5-3-2-4-6-14)15-9-11-21-12-10-15/h2-13H,1H3/b22-19+. The first-order valence-corrected chi connectivity index (χ1v) is 8.17. The first kappa shape index (κ1) is 18.7. The van der Waals surface area contributed by atoms with Crippen molar-refractivity contribution in [1.82, 2.24) is 4.98 Å². The third-order valence-corrected chi connectivity index (χ3v) is 3.83. The van der Waals surface area contributed by atoms with Crippen LogP contribution in [0.3, 0.4) is 0 Å². The highest BCUT2D eigenvalue weighted by atomic mass is 16.7. The molecular weight excluding hydrogens is 362 g/mol. The summed E-state index contributed by atoms with van der Waals surface area (Å²) in [6.07, 6.45) is 3.20. The quantitative estimate of drug-likeness (QED) is 0.281. The Labute approximate surface area is 160 Å². The number of nitro benzene ring substituents is 1. The van der Waals surface area contributed by atoms with Gasteiger partial charge in [0, 0.05) is 29.6 Å². The fourth-order valence-electron chi connectivity index (χ4n) is 2.48. The molecule has 140 valence electrons. The van der Waals surface area contributed by atoms with E-state index in [1.54, 1.807) is 24.5 Å². The van der Waals surface area contributed by atoms with Gasteiger partial charge in [-0.25, -0.2) is 4.79 Å². The number of oxime groups is 1. The summed E-state index contributed by atoms with van der Waals surface area (Å²) in [5.74, 6) is -0.778. The van der Waals surface area contributed by atoms with Crippen LogP contribution in [0.5, 0.6) is 5.75 Å². The van der Waals surface area contributed by atoms with Crippen LogP contribution in [0.25, 0.3) is 0 Å². The first-order chi connectivity index (χ1) is 13.6. The Morgan fingerprint density at radius 1 is 1.00 bits per heavy atom. The molecule has 1 aromatic heterocycles. The monoisotopic (exact) mass is 377 g/mol. The molecule has 0 amide bonds. The Balaban J connectivity index is 1.92. The van der Waals surface area contributed by atoms with E-state index >= 15 is 0 Å². The molecule has 28 heavy (non-hydrogen) atoms. The minimum atomic E-state index is -0.826. The van der Waals surface area contributed by atoms with Crippen molar-refractivity contribution < 1.29 is 19.3 Å². The van der Waals surface area contributed by atoms with Gasteiger partial charge < -0.3 is 9.57 Å². The summed E-state index contributed by atoms with van der Waals surface area (Å²) in [5, 5.41) is 15.1. The van der Waals surface area contributed by atoms with Crippen LogP contribution >= 0.6 is 0 Å². The van der Waals surface area contributed by atoms with Crippen LogP contribution in [0.2, 0.25) is 0 Å². The lowest BCUT2D eigenvalue weighted by atomic mass is 10.0. The van der Waals surface area contributed by atoms with Gasteiger partial charge in [0.2, 0.25) is 0 Å². The smallest absolute Gasteiger partial charge is 0.366 e. The molecule has 0 saturated carbocycles. The van der Waals surface area contributed by atoms with Crippen molar-refractivity contribution in [3.05, 3.63) is 99.9 Å². The number of hydrogen-bond donors (Lipinski definition) is 0. The lowest BCUT2D eigenvalue weighted by Gasteiger charge is -2.07. The molecule has 1 heterocycles. The van der Waals surface area contributed by atoms with Crippen molar-refractivity contribution in [3.63, 3.8) is 0 Å². The maximum Gasteiger partial charge on any atom is 0.366 e. The van der Waals surface area contributed by atoms with Gasteiger partial charge in [-0.05, 0) is 24.3 Å². The SMILES string of the molecule is COc1ccc(C(=O)O/N=C(\c2ccccc2)c2ccncc2)cc1[N+](=O)[O-]. The fourth-order valence-corrected chi connectivity index (χ4v) is 2.48. The number of methoxy groups -OCH3 is 1. The number of benzene rings is 2. The summed E-state index contributed by atoms with van der Waals surface area (Å²) in [6.45, 7) is 0. The Hall–Kier alpha value is -4.07. The van der Waals surface area contributed by atoms with Gasteiger partial charge >= 0.3 is 11.7 Å². The molecule has 0 spiro atoms. The van der Waals surface area contributed by atoms with E-state index in [-0.39, 0.29) is 17.0 Å². The number of carbonyl (C=O) groups is 1. The molecule has 8 nitrogen and oxygen atoms in total. The van der Waals surface area contributed by atoms with Gasteiger partial charge in [0.05, 0.1) is 17.6 Å². The average Bonchev–Trinajstić information content (AvgIpc) is 2.74. The third-order valence-electron chi connectivity index (χ3n) is 3.83. The molecule has 0 fully saturated rings. The van der Waals surface area contributed by atoms with Crippen molar-refractivity contribution in [2.75, 3.05) is 7.11 Å². The van der Waals surface area contributed by atoms with E-state index in [1.807, 2.05) is 30.3 Å². The van der Waals surface area contributed by atoms with Gasteiger partial charge in [0.15, 0.2) is 5.75 Å². The molecule has 0 bridgehead atoms. The van der Waals surface area contributed by atoms with E-state index in [0.717, 1.165) is 11.6 Å². The number of hydrogen-bond acceptors (Lipinski definition) is 7. The van der Waals surface area contributed by atoms with Crippen LogP contribution < -0.4 is 4.74 Å². The Morgan fingerprint density at radius 3 is 2.32 bits per heavy atom. The largest absolute Gasteiger partial charge is 0.490 e. The van der Waals surface area contributed by atoms with E-state index in [0.29, 0.717) is 11.3 Å². The van der Waals surface area contributed by atoms with Crippen LogP contribution in [0.15, 0.2) is 78.2 Å². The minimum Gasteiger partial charge on any atom is -0.490 e. The second-order valence-corrected chi connectivity index (χ2v) is 5.56. The maximum atomic E-state index is 12.4. The highest BCUT2D eigenvalue weighted by molar-refractivity contribution is 6.12. The van der Waals surface area contributed by atoms with Gasteiger partial charge in [-0.1, -0.05) is 35.5 Å². The number of ether oxygens (including phenoxy) is 1. The molecule has 0 saturated heterocycles. The van der Waals surface area contributed by atoms with Crippen LogP contribution in [0.4, 0.5) is 5.69 Å². The molecule has 0 atom stereocenters. The summed E-state index contributed by atoms with van der Waals surface area (Å²) in [7, 11) is 1.31. The highest BCUT2D eigenvalue weighted by Gasteiger charge is 2.19. The number of nitrogens with zero attached hydrogens (tertiary/aromatic N) is 3. The Morgan fingerprint density at radius 2 is 1.68 bits per heavy atom. The van der Waals surface area contributed by atoms with Crippen molar-refractivity contribution in [3.8, 4) is 5.75 Å². The molecule has 0 unspecified atom stereocenters. The number of pyridine rings is 1. The molecule has 0 aliphatic carbocycles. The normalized spacial score (nSPS) is 11.0. The summed E-state index contributed by atoms with van der Waals surface area (Å²) in [5.41, 5.74) is 1.52. The number of carbonyl (C=O) groups excluding carboxylic acids is 1. The van der Waals surface area contributed by atoms with Gasteiger partial charge in [-0.3, -0.25) is 15.1 Å². The van der Waals surface area contributed by atoms with E-state index in [9.17, 15) is 14.9 Å². The minimum absolute atomic E-state index is 0.0154. The van der Waals surface area contributed by atoms with E-state index in [4.69, 9.17) is 9.57 Å². The summed E-state index contributed by atoms with van der Waals surface area (Å²) < 4.78 is 4.93. The molecular formula is C20H15N3O5. The van der Waals surface area contributed by atoms with Crippen LogP contribution in [0, 0.1) is 10.1 Å². The molecule has 0 radical (unpaired) electrons. The van der Waals surface area contributed by atoms with E-state index in [2.05, 4.69) is 10.1 Å². The van der Waals surface area contributed by atoms with Crippen molar-refractivity contribution >= 4 is 17.4 Å². The summed E-state index contributed by atoms with van der Waals surface area (Å²) in [6, 6.07) is 16.4. The zero-order chi connectivity index (χ0) is 19.9. The summed E-state index contributed by atoms with van der Waals surface area (Å²) >= 11 is 0. The molecule has 0 aliphatic heterocycles. The van der Waals surface area contributed by atoms with Crippen LogP contribution in [-0.4, -0.2) is 28.7 Å².